The molecule has 6 nitrogen and oxygen atoms in total. The molecular weight excluding hydrogens is 485 g/mol. The molecule has 0 unspecified atom stereocenters. The number of ether oxygens (including phenoxy) is 1. The average Bonchev–Trinajstić information content (AvgIpc) is 3.52. The number of rotatable bonds is 14. The van der Waals surface area contributed by atoms with Gasteiger partial charge in [0.05, 0.1) is 6.61 Å². The third-order valence-electron chi connectivity index (χ3n) is 5.48. The van der Waals surface area contributed by atoms with E-state index in [1.165, 1.54) is 42.1 Å². The lowest BCUT2D eigenvalue weighted by molar-refractivity contribution is -0.120. The van der Waals surface area contributed by atoms with Gasteiger partial charge in [0.15, 0.2) is 5.11 Å². The smallest absolute Gasteiger partial charge is 0.223 e. The first-order chi connectivity index (χ1) is 16.7. The van der Waals surface area contributed by atoms with Gasteiger partial charge in [-0.25, -0.2) is 0 Å². The number of carbonyl (C=O) groups excluding carboxylic acids is 1. The number of hydrogen-bond donors (Lipinski definition) is 3. The van der Waals surface area contributed by atoms with Crippen molar-refractivity contribution in [3.8, 4) is 5.75 Å². The summed E-state index contributed by atoms with van der Waals surface area (Å²) in [4.78, 5) is 17.2. The molecule has 1 aliphatic heterocycles. The lowest BCUT2D eigenvalue weighted by atomic mass is 10.1. The summed E-state index contributed by atoms with van der Waals surface area (Å²) in [7, 11) is 0. The number of thiophene rings is 2. The van der Waals surface area contributed by atoms with Gasteiger partial charge >= 0.3 is 0 Å². The molecule has 3 rings (SSSR count). The highest BCUT2D eigenvalue weighted by molar-refractivity contribution is 7.80. The van der Waals surface area contributed by atoms with Crippen LogP contribution in [0, 0.1) is 0 Å². The SMILES string of the molecule is O=C(CCCNC(=S)NCCc1cccs1)N/C=C\CCOc1csc(CN2CCCCC2)c1. The molecule has 2 aromatic rings. The van der Waals surface area contributed by atoms with E-state index in [9.17, 15) is 4.79 Å². The number of thiocarbonyl (C=S) groups is 1. The number of likely N-dealkylation sites (tertiary alicyclic amines) is 1. The molecule has 0 spiro atoms. The zero-order chi connectivity index (χ0) is 23.8. The van der Waals surface area contributed by atoms with Gasteiger partial charge in [0.1, 0.15) is 5.75 Å². The number of nitrogens with zero attached hydrogens (tertiary/aromatic N) is 1. The summed E-state index contributed by atoms with van der Waals surface area (Å²) in [5.74, 6) is 0.955. The van der Waals surface area contributed by atoms with E-state index in [0.717, 1.165) is 38.1 Å². The number of piperidine rings is 1. The van der Waals surface area contributed by atoms with Crippen LogP contribution in [0.25, 0.3) is 0 Å². The lowest BCUT2D eigenvalue weighted by Gasteiger charge is -2.25. The maximum Gasteiger partial charge on any atom is 0.223 e. The first-order valence-corrected chi connectivity index (χ1v) is 14.3. The molecule has 0 aromatic carbocycles. The van der Waals surface area contributed by atoms with Crippen LogP contribution in [0.3, 0.4) is 0 Å². The monoisotopic (exact) mass is 520 g/mol. The normalized spacial score (nSPS) is 14.2. The molecule has 186 valence electrons. The zero-order valence-electron chi connectivity index (χ0n) is 19.7. The minimum atomic E-state index is 0.00994. The molecule has 0 radical (unpaired) electrons. The van der Waals surface area contributed by atoms with E-state index in [4.69, 9.17) is 17.0 Å². The largest absolute Gasteiger partial charge is 0.492 e. The summed E-state index contributed by atoms with van der Waals surface area (Å²) in [6.07, 6.45) is 10.6. The first kappa shape index (κ1) is 26.7. The van der Waals surface area contributed by atoms with E-state index < -0.39 is 0 Å². The van der Waals surface area contributed by atoms with E-state index in [1.807, 2.05) is 6.08 Å². The topological polar surface area (TPSA) is 65.6 Å². The highest BCUT2D eigenvalue weighted by atomic mass is 32.1. The fourth-order valence-corrected chi connectivity index (χ4v) is 5.43. The van der Waals surface area contributed by atoms with Gasteiger partial charge in [-0.15, -0.1) is 22.7 Å². The number of nitrogens with one attached hydrogen (secondary N) is 3. The van der Waals surface area contributed by atoms with Crippen molar-refractivity contribution in [1.29, 1.82) is 0 Å². The molecule has 1 aliphatic rings. The predicted octanol–water partition coefficient (Wildman–Crippen LogP) is 4.68. The molecule has 0 bridgehead atoms. The van der Waals surface area contributed by atoms with Crippen LogP contribution in [0.5, 0.6) is 5.75 Å². The van der Waals surface area contributed by atoms with Crippen LogP contribution < -0.4 is 20.7 Å². The Morgan fingerprint density at radius 2 is 2.00 bits per heavy atom. The van der Waals surface area contributed by atoms with Crippen molar-refractivity contribution in [2.24, 2.45) is 0 Å². The molecule has 1 amide bonds. The number of hydrogen-bond acceptors (Lipinski definition) is 6. The summed E-state index contributed by atoms with van der Waals surface area (Å²) in [6.45, 7) is 5.55. The molecule has 1 saturated heterocycles. The Bertz CT molecular complexity index is 877. The Balaban J connectivity index is 1.15. The Labute approximate surface area is 216 Å². The minimum Gasteiger partial charge on any atom is -0.492 e. The summed E-state index contributed by atoms with van der Waals surface area (Å²) in [6, 6.07) is 6.34. The fourth-order valence-electron chi connectivity index (χ4n) is 3.68. The van der Waals surface area contributed by atoms with Crippen LogP contribution >= 0.6 is 34.9 Å². The van der Waals surface area contributed by atoms with Crippen LogP contribution in [0.2, 0.25) is 0 Å². The molecule has 0 aliphatic carbocycles. The van der Waals surface area contributed by atoms with Gasteiger partial charge in [-0.2, -0.15) is 0 Å². The van der Waals surface area contributed by atoms with Crippen molar-refractivity contribution >= 4 is 45.9 Å². The molecule has 0 saturated carbocycles. The fraction of sp³-hybridized carbons (Fsp3) is 0.520. The Morgan fingerprint density at radius 3 is 2.82 bits per heavy atom. The third kappa shape index (κ3) is 11.0. The molecule has 34 heavy (non-hydrogen) atoms. The van der Waals surface area contributed by atoms with Crippen molar-refractivity contribution < 1.29 is 9.53 Å². The van der Waals surface area contributed by atoms with E-state index >= 15 is 0 Å². The van der Waals surface area contributed by atoms with Crippen LogP contribution in [0.15, 0.2) is 41.2 Å². The molecule has 0 atom stereocenters. The highest BCUT2D eigenvalue weighted by Crippen LogP contribution is 2.24. The summed E-state index contributed by atoms with van der Waals surface area (Å²) in [5, 5.41) is 14.0. The van der Waals surface area contributed by atoms with Gasteiger partial charge in [0.2, 0.25) is 5.91 Å². The number of carbonyl (C=O) groups is 1. The van der Waals surface area contributed by atoms with E-state index in [2.05, 4.69) is 49.8 Å². The van der Waals surface area contributed by atoms with Crippen molar-refractivity contribution in [2.75, 3.05) is 32.8 Å². The van der Waals surface area contributed by atoms with Gasteiger partial charge in [0, 0.05) is 47.6 Å². The Hall–Kier alpha value is -1.94. The summed E-state index contributed by atoms with van der Waals surface area (Å²) < 4.78 is 5.84. The molecule has 3 N–H and O–H groups in total. The predicted molar refractivity (Wildman–Crippen MR) is 147 cm³/mol. The van der Waals surface area contributed by atoms with Gasteiger partial charge in [0.25, 0.3) is 0 Å². The van der Waals surface area contributed by atoms with E-state index in [0.29, 0.717) is 24.7 Å². The maximum absolute atomic E-state index is 11.9. The van der Waals surface area contributed by atoms with E-state index in [1.54, 1.807) is 28.9 Å². The Morgan fingerprint density at radius 1 is 1.15 bits per heavy atom. The Kier molecular flexibility index (Phi) is 12.4. The van der Waals surface area contributed by atoms with Crippen molar-refractivity contribution in [3.05, 3.63) is 51.0 Å². The summed E-state index contributed by atoms with van der Waals surface area (Å²) in [5.41, 5.74) is 0. The number of amides is 1. The van der Waals surface area contributed by atoms with Crippen LogP contribution in [0.4, 0.5) is 0 Å². The highest BCUT2D eigenvalue weighted by Gasteiger charge is 2.11. The standard InChI is InChI=1S/C25H36N4O2S3/c30-24(9-6-12-27-25(32)28-13-10-22-8-7-17-33-22)26-11-2-5-16-31-21-18-23(34-20-21)19-29-14-3-1-4-15-29/h2,7-8,11,17-18,20H,1,3-6,9-10,12-16,19H2,(H,26,30)(H2,27,28,32)/b11-2-. The van der Waals surface area contributed by atoms with Gasteiger partial charge < -0.3 is 20.7 Å². The summed E-state index contributed by atoms with van der Waals surface area (Å²) >= 11 is 8.79. The molecule has 9 heteroatoms. The molecular formula is C25H36N4O2S3. The van der Waals surface area contributed by atoms with Crippen molar-refractivity contribution in [3.63, 3.8) is 0 Å². The second-order valence-corrected chi connectivity index (χ2v) is 10.7. The van der Waals surface area contributed by atoms with Crippen LogP contribution in [-0.4, -0.2) is 48.7 Å². The maximum atomic E-state index is 11.9. The molecule has 2 aromatic heterocycles. The molecule has 1 fully saturated rings. The first-order valence-electron chi connectivity index (χ1n) is 12.1. The van der Waals surface area contributed by atoms with Gasteiger partial charge in [-0.3, -0.25) is 9.69 Å². The van der Waals surface area contributed by atoms with Crippen molar-refractivity contribution in [1.82, 2.24) is 20.9 Å². The lowest BCUT2D eigenvalue weighted by Crippen LogP contribution is -2.37. The third-order valence-corrected chi connectivity index (χ3v) is 7.60. The van der Waals surface area contributed by atoms with Crippen LogP contribution in [-0.2, 0) is 17.8 Å². The zero-order valence-corrected chi connectivity index (χ0v) is 22.2. The van der Waals surface area contributed by atoms with E-state index in [-0.39, 0.29) is 5.91 Å². The van der Waals surface area contributed by atoms with Gasteiger partial charge in [-0.05, 0) is 74.7 Å². The van der Waals surface area contributed by atoms with Crippen LogP contribution in [0.1, 0.15) is 48.3 Å². The van der Waals surface area contributed by atoms with Crippen molar-refractivity contribution in [2.45, 2.75) is 51.5 Å². The average molecular weight is 521 g/mol. The second kappa shape index (κ2) is 15.9. The minimum absolute atomic E-state index is 0.00994. The van der Waals surface area contributed by atoms with Gasteiger partial charge in [-0.1, -0.05) is 18.6 Å². The second-order valence-electron chi connectivity index (χ2n) is 8.31. The quantitative estimate of drug-likeness (QED) is 0.248. The molecule has 3 heterocycles.